The van der Waals surface area contributed by atoms with Gasteiger partial charge in [0.1, 0.15) is 6.61 Å². The minimum absolute atomic E-state index is 0.00880. The minimum atomic E-state index is -0.264. The highest BCUT2D eigenvalue weighted by Gasteiger charge is 2.05. The van der Waals surface area contributed by atoms with Gasteiger partial charge in [-0.3, -0.25) is 4.79 Å². The van der Waals surface area contributed by atoms with E-state index in [2.05, 4.69) is 10.1 Å². The minimum Gasteiger partial charge on any atom is -0.399 e. The zero-order valence-electron chi connectivity index (χ0n) is 7.71. The number of methoxy groups -OCH3 is 1. The number of amides is 1. The molecule has 5 heteroatoms. The second-order valence-electron chi connectivity index (χ2n) is 2.72. The van der Waals surface area contributed by atoms with Crippen molar-refractivity contribution < 1.29 is 9.53 Å². The van der Waals surface area contributed by atoms with Gasteiger partial charge in [0.2, 0.25) is 5.91 Å². The molecule has 76 valence electrons. The normalized spacial score (nSPS) is 9.86. The molecule has 0 aliphatic carbocycles. The zero-order valence-corrected chi connectivity index (χ0v) is 8.47. The average molecular weight is 215 g/mol. The number of carbonyl (C=O) groups excluding carboxylic acids is 1. The van der Waals surface area contributed by atoms with Gasteiger partial charge in [0.25, 0.3) is 0 Å². The largest absolute Gasteiger partial charge is 0.399 e. The van der Waals surface area contributed by atoms with Gasteiger partial charge < -0.3 is 15.8 Å². The van der Waals surface area contributed by atoms with Gasteiger partial charge in [-0.05, 0) is 18.2 Å². The van der Waals surface area contributed by atoms with E-state index >= 15 is 0 Å². The van der Waals surface area contributed by atoms with Crippen molar-refractivity contribution in [1.82, 2.24) is 0 Å². The molecule has 4 nitrogen and oxygen atoms in total. The summed E-state index contributed by atoms with van der Waals surface area (Å²) < 4.78 is 4.66. The number of benzene rings is 1. The van der Waals surface area contributed by atoms with E-state index in [4.69, 9.17) is 17.3 Å². The molecule has 1 amide bonds. The molecule has 0 saturated heterocycles. The van der Waals surface area contributed by atoms with Crippen LogP contribution in [0.25, 0.3) is 0 Å². The van der Waals surface area contributed by atoms with Crippen LogP contribution in [-0.2, 0) is 9.53 Å². The number of halogens is 1. The summed E-state index contributed by atoms with van der Waals surface area (Å²) in [5.41, 5.74) is 6.57. The predicted octanol–water partition coefficient (Wildman–Crippen LogP) is 1.51. The Balaban J connectivity index is 2.75. The van der Waals surface area contributed by atoms with Gasteiger partial charge in [-0.1, -0.05) is 11.6 Å². The summed E-state index contributed by atoms with van der Waals surface area (Å²) in [5.74, 6) is -0.264. The van der Waals surface area contributed by atoms with Crippen LogP contribution in [0.3, 0.4) is 0 Å². The molecule has 1 aromatic carbocycles. The Hall–Kier alpha value is -1.26. The molecule has 0 unspecified atom stereocenters. The third-order valence-electron chi connectivity index (χ3n) is 1.54. The van der Waals surface area contributed by atoms with E-state index in [-0.39, 0.29) is 12.5 Å². The van der Waals surface area contributed by atoms with Crippen molar-refractivity contribution in [2.45, 2.75) is 0 Å². The van der Waals surface area contributed by atoms with E-state index in [1.807, 2.05) is 0 Å². The summed E-state index contributed by atoms with van der Waals surface area (Å²) in [7, 11) is 1.44. The molecular formula is C9H11ClN2O2. The molecule has 3 N–H and O–H groups in total. The fourth-order valence-electron chi connectivity index (χ4n) is 0.956. The van der Waals surface area contributed by atoms with Crippen LogP contribution in [0.15, 0.2) is 18.2 Å². The van der Waals surface area contributed by atoms with Gasteiger partial charge >= 0.3 is 0 Å². The summed E-state index contributed by atoms with van der Waals surface area (Å²) in [5, 5.41) is 3.02. The number of hydrogen-bond donors (Lipinski definition) is 2. The van der Waals surface area contributed by atoms with Gasteiger partial charge in [0.15, 0.2) is 0 Å². The van der Waals surface area contributed by atoms with Crippen LogP contribution >= 0.6 is 11.6 Å². The lowest BCUT2D eigenvalue weighted by atomic mass is 10.3. The Kier molecular flexibility index (Phi) is 3.73. The van der Waals surface area contributed by atoms with E-state index in [0.717, 1.165) is 0 Å². The maximum Gasteiger partial charge on any atom is 0.250 e. The first-order valence-electron chi connectivity index (χ1n) is 3.97. The van der Waals surface area contributed by atoms with Crippen molar-refractivity contribution in [2.24, 2.45) is 0 Å². The van der Waals surface area contributed by atoms with Crippen molar-refractivity contribution in [3.8, 4) is 0 Å². The highest BCUT2D eigenvalue weighted by Crippen LogP contribution is 2.23. The fourth-order valence-corrected chi connectivity index (χ4v) is 1.12. The second-order valence-corrected chi connectivity index (χ2v) is 3.13. The Morgan fingerprint density at radius 2 is 2.36 bits per heavy atom. The Labute approximate surface area is 87.0 Å². The number of nitrogens with two attached hydrogens (primary N) is 1. The van der Waals surface area contributed by atoms with Crippen LogP contribution in [0, 0.1) is 0 Å². The SMILES string of the molecule is COCC(=O)Nc1cc(N)ccc1Cl. The molecule has 0 fully saturated rings. The number of anilines is 2. The Bertz CT molecular complexity index is 342. The molecule has 0 aliphatic rings. The molecule has 0 radical (unpaired) electrons. The van der Waals surface area contributed by atoms with Crippen molar-refractivity contribution >= 4 is 28.9 Å². The molecule has 0 spiro atoms. The topological polar surface area (TPSA) is 64.3 Å². The maximum absolute atomic E-state index is 11.1. The van der Waals surface area contributed by atoms with Gasteiger partial charge in [0, 0.05) is 12.8 Å². The first kappa shape index (κ1) is 10.8. The van der Waals surface area contributed by atoms with Crippen LogP contribution in [0.5, 0.6) is 0 Å². The number of nitrogens with one attached hydrogen (secondary N) is 1. The number of hydrogen-bond acceptors (Lipinski definition) is 3. The summed E-state index contributed by atoms with van der Waals surface area (Å²) in [6.07, 6.45) is 0. The van der Waals surface area contributed by atoms with Crippen LogP contribution in [0.1, 0.15) is 0 Å². The molecule has 0 aliphatic heterocycles. The third-order valence-corrected chi connectivity index (χ3v) is 1.87. The second kappa shape index (κ2) is 4.83. The number of ether oxygens (including phenoxy) is 1. The summed E-state index contributed by atoms with van der Waals surface area (Å²) in [4.78, 5) is 11.1. The molecule has 14 heavy (non-hydrogen) atoms. The molecule has 0 bridgehead atoms. The molecule has 0 saturated carbocycles. The van der Waals surface area contributed by atoms with E-state index in [1.165, 1.54) is 7.11 Å². The Morgan fingerprint density at radius 1 is 1.64 bits per heavy atom. The highest BCUT2D eigenvalue weighted by atomic mass is 35.5. The lowest BCUT2D eigenvalue weighted by molar-refractivity contribution is -0.119. The lowest BCUT2D eigenvalue weighted by Crippen LogP contribution is -2.17. The van der Waals surface area contributed by atoms with Gasteiger partial charge in [0.05, 0.1) is 10.7 Å². The average Bonchev–Trinajstić information content (AvgIpc) is 2.12. The summed E-state index contributed by atoms with van der Waals surface area (Å²) >= 11 is 5.83. The van der Waals surface area contributed by atoms with Crippen LogP contribution in [0.4, 0.5) is 11.4 Å². The first-order chi connectivity index (χ1) is 6.63. The van der Waals surface area contributed by atoms with Gasteiger partial charge in [-0.25, -0.2) is 0 Å². The maximum atomic E-state index is 11.1. The van der Waals surface area contributed by atoms with Crippen molar-refractivity contribution in [3.63, 3.8) is 0 Å². The van der Waals surface area contributed by atoms with E-state index in [0.29, 0.717) is 16.4 Å². The number of rotatable bonds is 3. The fraction of sp³-hybridized carbons (Fsp3) is 0.222. The third kappa shape index (κ3) is 2.90. The monoisotopic (exact) mass is 214 g/mol. The van der Waals surface area contributed by atoms with Crippen molar-refractivity contribution in [1.29, 1.82) is 0 Å². The van der Waals surface area contributed by atoms with Gasteiger partial charge in [-0.2, -0.15) is 0 Å². The highest BCUT2D eigenvalue weighted by molar-refractivity contribution is 6.33. The number of carbonyl (C=O) groups is 1. The first-order valence-corrected chi connectivity index (χ1v) is 4.35. The van der Waals surface area contributed by atoms with Crippen LogP contribution < -0.4 is 11.1 Å². The van der Waals surface area contributed by atoms with E-state index < -0.39 is 0 Å². The van der Waals surface area contributed by atoms with Gasteiger partial charge in [-0.15, -0.1) is 0 Å². The predicted molar refractivity (Wildman–Crippen MR) is 56.4 cm³/mol. The number of nitrogen functional groups attached to an aromatic ring is 1. The van der Waals surface area contributed by atoms with Crippen LogP contribution in [-0.4, -0.2) is 19.6 Å². The van der Waals surface area contributed by atoms with E-state index in [9.17, 15) is 4.79 Å². The molecule has 1 aromatic rings. The standard InChI is InChI=1S/C9H11ClN2O2/c1-14-5-9(13)12-8-4-6(11)2-3-7(8)10/h2-4H,5,11H2,1H3,(H,12,13). The molecular weight excluding hydrogens is 204 g/mol. The summed E-state index contributed by atoms with van der Waals surface area (Å²) in [6, 6.07) is 4.88. The quantitative estimate of drug-likeness (QED) is 0.750. The lowest BCUT2D eigenvalue weighted by Gasteiger charge is -2.07. The van der Waals surface area contributed by atoms with Crippen molar-refractivity contribution in [2.75, 3.05) is 24.8 Å². The Morgan fingerprint density at radius 3 is 3.00 bits per heavy atom. The van der Waals surface area contributed by atoms with Crippen molar-refractivity contribution in [3.05, 3.63) is 23.2 Å². The smallest absolute Gasteiger partial charge is 0.250 e. The van der Waals surface area contributed by atoms with Crippen LogP contribution in [0.2, 0.25) is 5.02 Å². The zero-order chi connectivity index (χ0) is 10.6. The summed E-state index contributed by atoms with van der Waals surface area (Å²) in [6.45, 7) is -0.00880. The molecule has 1 rings (SSSR count). The van der Waals surface area contributed by atoms with E-state index in [1.54, 1.807) is 18.2 Å². The molecule has 0 heterocycles. The molecule has 0 aromatic heterocycles. The molecule has 0 atom stereocenters.